The molecule has 2 aromatic heterocycles. The summed E-state index contributed by atoms with van der Waals surface area (Å²) in [7, 11) is 0. The Morgan fingerprint density at radius 1 is 1.24 bits per heavy atom. The molecule has 2 heterocycles. The van der Waals surface area contributed by atoms with Crippen molar-refractivity contribution < 1.29 is 4.79 Å². The zero-order valence-electron chi connectivity index (χ0n) is 15.1. The molecule has 3 N–H and O–H groups in total. The average molecular weight is 388 g/mol. The van der Waals surface area contributed by atoms with Gasteiger partial charge in [-0.3, -0.25) is 4.79 Å². The van der Waals surface area contributed by atoms with Crippen LogP contribution in [0.4, 0.5) is 0 Å². The Bertz CT molecular complexity index is 673. The van der Waals surface area contributed by atoms with Gasteiger partial charge in [0.15, 0.2) is 5.82 Å². The molecule has 0 atom stereocenters. The van der Waals surface area contributed by atoms with Crippen molar-refractivity contribution in [1.82, 2.24) is 20.1 Å². The van der Waals surface area contributed by atoms with Gasteiger partial charge in [-0.1, -0.05) is 13.8 Å². The monoisotopic (exact) mass is 387 g/mol. The zero-order chi connectivity index (χ0) is 17.0. The van der Waals surface area contributed by atoms with Gasteiger partial charge in [0.1, 0.15) is 0 Å². The molecule has 0 bridgehead atoms. The van der Waals surface area contributed by atoms with E-state index in [1.807, 2.05) is 33.8 Å². The maximum absolute atomic E-state index is 12.4. The third-order valence-electron chi connectivity index (χ3n) is 4.36. The first-order valence-corrected chi connectivity index (χ1v) is 7.97. The molecule has 0 saturated carbocycles. The van der Waals surface area contributed by atoms with Crippen molar-refractivity contribution in [2.24, 2.45) is 5.73 Å². The molecule has 2 rings (SSSR count). The molecule has 0 unspecified atom stereocenters. The highest BCUT2D eigenvalue weighted by atomic mass is 35.5. The lowest BCUT2D eigenvalue weighted by Gasteiger charge is -2.31. The van der Waals surface area contributed by atoms with Crippen LogP contribution in [-0.2, 0) is 0 Å². The number of aryl methyl sites for hydroxylation is 2. The molecular weight excluding hydrogens is 361 g/mol. The molecule has 0 fully saturated rings. The minimum Gasteiger partial charge on any atom is -0.345 e. The Kier molecular flexibility index (Phi) is 9.11. The van der Waals surface area contributed by atoms with Crippen LogP contribution in [0.5, 0.6) is 0 Å². The summed E-state index contributed by atoms with van der Waals surface area (Å²) in [5, 5.41) is 7.44. The van der Waals surface area contributed by atoms with Crippen LogP contribution in [0.25, 0.3) is 5.82 Å². The number of hydrogen-bond donors (Lipinski definition) is 2. The molecule has 0 saturated heterocycles. The van der Waals surface area contributed by atoms with Gasteiger partial charge in [0.2, 0.25) is 0 Å². The minimum absolute atomic E-state index is 0. The largest absolute Gasteiger partial charge is 0.345 e. The van der Waals surface area contributed by atoms with Gasteiger partial charge < -0.3 is 11.1 Å². The van der Waals surface area contributed by atoms with Crippen molar-refractivity contribution in [3.63, 3.8) is 0 Å². The number of rotatable bonds is 6. The van der Waals surface area contributed by atoms with Gasteiger partial charge in [0.05, 0.1) is 16.8 Å². The summed E-state index contributed by atoms with van der Waals surface area (Å²) in [4.78, 5) is 16.8. The Morgan fingerprint density at radius 2 is 1.88 bits per heavy atom. The number of nitrogens with two attached hydrogens (primary N) is 1. The van der Waals surface area contributed by atoms with Crippen LogP contribution in [0.15, 0.2) is 24.4 Å². The fourth-order valence-electron chi connectivity index (χ4n) is 2.59. The first-order valence-electron chi connectivity index (χ1n) is 7.97. The highest BCUT2D eigenvalue weighted by Gasteiger charge is 2.26. The van der Waals surface area contributed by atoms with Crippen molar-refractivity contribution in [1.29, 1.82) is 0 Å². The lowest BCUT2D eigenvalue weighted by molar-refractivity contribution is 0.0895. The SMILES string of the molecule is CCC(CC)(CN)NC(=O)c1ccc(-n2nc(C)cc2C)nc1.Cl.Cl. The molecule has 0 radical (unpaired) electrons. The van der Waals surface area contributed by atoms with Crippen molar-refractivity contribution in [3.8, 4) is 5.82 Å². The van der Waals surface area contributed by atoms with E-state index in [2.05, 4.69) is 15.4 Å². The predicted molar refractivity (Wildman–Crippen MR) is 105 cm³/mol. The van der Waals surface area contributed by atoms with E-state index in [0.29, 0.717) is 17.9 Å². The van der Waals surface area contributed by atoms with Crippen molar-refractivity contribution in [3.05, 3.63) is 41.3 Å². The highest BCUT2D eigenvalue weighted by molar-refractivity contribution is 5.94. The van der Waals surface area contributed by atoms with Crippen LogP contribution in [0, 0.1) is 13.8 Å². The fraction of sp³-hybridized carbons (Fsp3) is 0.471. The molecule has 0 aliphatic rings. The first-order chi connectivity index (χ1) is 10.9. The lowest BCUT2D eigenvalue weighted by Crippen LogP contribution is -2.52. The average Bonchev–Trinajstić information content (AvgIpc) is 2.91. The van der Waals surface area contributed by atoms with Gasteiger partial charge >= 0.3 is 0 Å². The molecule has 140 valence electrons. The summed E-state index contributed by atoms with van der Waals surface area (Å²) in [5.41, 5.74) is 7.94. The summed E-state index contributed by atoms with van der Waals surface area (Å²) in [6.07, 6.45) is 3.17. The predicted octanol–water partition coefficient (Wildman–Crippen LogP) is 2.98. The van der Waals surface area contributed by atoms with Crippen LogP contribution in [0.2, 0.25) is 0 Å². The van der Waals surface area contributed by atoms with Crippen molar-refractivity contribution in [2.45, 2.75) is 46.1 Å². The lowest BCUT2D eigenvalue weighted by atomic mass is 9.92. The van der Waals surface area contributed by atoms with E-state index in [4.69, 9.17) is 5.73 Å². The Morgan fingerprint density at radius 3 is 2.28 bits per heavy atom. The maximum atomic E-state index is 12.4. The number of carbonyl (C=O) groups excluding carboxylic acids is 1. The van der Waals surface area contributed by atoms with Crippen LogP contribution in [0.1, 0.15) is 48.4 Å². The fourth-order valence-corrected chi connectivity index (χ4v) is 2.59. The number of halogens is 2. The van der Waals surface area contributed by atoms with Crippen LogP contribution < -0.4 is 11.1 Å². The Hall–Kier alpha value is -1.63. The van der Waals surface area contributed by atoms with Crippen LogP contribution >= 0.6 is 24.8 Å². The molecule has 1 amide bonds. The van der Waals surface area contributed by atoms with Gasteiger partial charge in [0, 0.05) is 18.4 Å². The van der Waals surface area contributed by atoms with Gasteiger partial charge in [0.25, 0.3) is 5.91 Å². The van der Waals surface area contributed by atoms with Gasteiger partial charge in [-0.25, -0.2) is 9.67 Å². The number of hydrogen-bond acceptors (Lipinski definition) is 4. The topological polar surface area (TPSA) is 85.8 Å². The normalized spacial score (nSPS) is 10.6. The van der Waals surface area contributed by atoms with Gasteiger partial charge in [-0.05, 0) is 44.9 Å². The number of carbonyl (C=O) groups is 1. The van der Waals surface area contributed by atoms with E-state index in [1.165, 1.54) is 0 Å². The number of nitrogens with one attached hydrogen (secondary N) is 1. The third kappa shape index (κ3) is 5.17. The molecule has 0 aliphatic carbocycles. The van der Waals surface area contributed by atoms with E-state index in [0.717, 1.165) is 24.2 Å². The number of amides is 1. The molecule has 6 nitrogen and oxygen atoms in total. The summed E-state index contributed by atoms with van der Waals surface area (Å²) >= 11 is 0. The second-order valence-corrected chi connectivity index (χ2v) is 5.89. The van der Waals surface area contributed by atoms with E-state index >= 15 is 0 Å². The molecular formula is C17H27Cl2N5O. The molecule has 0 aliphatic heterocycles. The summed E-state index contributed by atoms with van der Waals surface area (Å²) in [5.74, 6) is 0.551. The Balaban J connectivity index is 0.00000288. The highest BCUT2D eigenvalue weighted by Crippen LogP contribution is 2.15. The molecule has 2 aromatic rings. The van der Waals surface area contributed by atoms with E-state index < -0.39 is 0 Å². The second kappa shape index (κ2) is 9.75. The van der Waals surface area contributed by atoms with Gasteiger partial charge in [-0.15, -0.1) is 24.8 Å². The summed E-state index contributed by atoms with van der Waals surface area (Å²) < 4.78 is 1.76. The molecule has 0 spiro atoms. The van der Waals surface area contributed by atoms with Crippen LogP contribution in [-0.4, -0.2) is 32.8 Å². The zero-order valence-corrected chi connectivity index (χ0v) is 16.7. The van der Waals surface area contributed by atoms with E-state index in [-0.39, 0.29) is 36.3 Å². The van der Waals surface area contributed by atoms with Crippen molar-refractivity contribution in [2.75, 3.05) is 6.54 Å². The molecule has 25 heavy (non-hydrogen) atoms. The van der Waals surface area contributed by atoms with E-state index in [9.17, 15) is 4.79 Å². The van der Waals surface area contributed by atoms with E-state index in [1.54, 1.807) is 23.0 Å². The summed E-state index contributed by atoms with van der Waals surface area (Å²) in [6.45, 7) is 8.39. The maximum Gasteiger partial charge on any atom is 0.253 e. The molecule has 0 aromatic carbocycles. The number of pyridine rings is 1. The second-order valence-electron chi connectivity index (χ2n) is 5.89. The smallest absolute Gasteiger partial charge is 0.253 e. The molecule has 8 heteroatoms. The van der Waals surface area contributed by atoms with Gasteiger partial charge in [-0.2, -0.15) is 5.10 Å². The number of aromatic nitrogens is 3. The third-order valence-corrected chi connectivity index (χ3v) is 4.36. The first kappa shape index (κ1) is 23.4. The minimum atomic E-state index is -0.356. The standard InChI is InChI=1S/C17H25N5O.2ClH/c1-5-17(6-2,11-18)20-16(23)14-7-8-15(19-10-14)22-13(4)9-12(3)21-22;;/h7-10H,5-6,11,18H2,1-4H3,(H,20,23);2*1H. The van der Waals surface area contributed by atoms with Crippen LogP contribution in [0.3, 0.4) is 0 Å². The Labute approximate surface area is 161 Å². The number of nitrogens with zero attached hydrogens (tertiary/aromatic N) is 3. The summed E-state index contributed by atoms with van der Waals surface area (Å²) in [6, 6.07) is 5.55. The van der Waals surface area contributed by atoms with Crippen molar-refractivity contribution >= 4 is 30.7 Å². The quantitative estimate of drug-likeness (QED) is 0.797.